The van der Waals surface area contributed by atoms with Gasteiger partial charge in [-0.1, -0.05) is 18.2 Å². The summed E-state index contributed by atoms with van der Waals surface area (Å²) in [5.74, 6) is -1.34. The molecule has 1 unspecified atom stereocenters. The lowest BCUT2D eigenvalue weighted by molar-refractivity contribution is -0.139. The van der Waals surface area contributed by atoms with Gasteiger partial charge in [0.1, 0.15) is 6.04 Å². The largest absolute Gasteiger partial charge is 0.480 e. The maximum absolute atomic E-state index is 12.0. The van der Waals surface area contributed by atoms with Crippen LogP contribution in [-0.4, -0.2) is 38.0 Å². The van der Waals surface area contributed by atoms with Gasteiger partial charge in [-0.2, -0.15) is 4.72 Å². The van der Waals surface area contributed by atoms with E-state index < -0.39 is 22.0 Å². The van der Waals surface area contributed by atoms with Crippen molar-refractivity contribution in [3.8, 4) is 0 Å². The summed E-state index contributed by atoms with van der Waals surface area (Å²) in [5, 5.41) is 9.08. The molecule has 0 saturated heterocycles. The number of nitrogens with two attached hydrogens (primary N) is 2. The SMILES string of the molecule is NC(N)=NCCCC(NS(=O)(=O)c1ccccc1)C(=O)O. The fourth-order valence-corrected chi connectivity index (χ4v) is 2.84. The lowest BCUT2D eigenvalue weighted by Gasteiger charge is -2.14. The summed E-state index contributed by atoms with van der Waals surface area (Å²) in [7, 11) is -3.87. The van der Waals surface area contributed by atoms with Crippen LogP contribution in [0.25, 0.3) is 0 Å². The molecule has 8 nitrogen and oxygen atoms in total. The zero-order valence-corrected chi connectivity index (χ0v) is 12.1. The van der Waals surface area contributed by atoms with Gasteiger partial charge < -0.3 is 16.6 Å². The number of hydrogen-bond donors (Lipinski definition) is 4. The molecule has 0 fully saturated rings. The van der Waals surface area contributed by atoms with E-state index in [0.29, 0.717) is 6.42 Å². The van der Waals surface area contributed by atoms with E-state index in [0.717, 1.165) is 0 Å². The van der Waals surface area contributed by atoms with Gasteiger partial charge >= 0.3 is 5.97 Å². The zero-order chi connectivity index (χ0) is 15.9. The Bertz CT molecular complexity index is 597. The van der Waals surface area contributed by atoms with Crippen LogP contribution < -0.4 is 16.2 Å². The number of sulfonamides is 1. The smallest absolute Gasteiger partial charge is 0.321 e. The predicted octanol–water partition coefficient (Wildman–Crippen LogP) is -0.528. The van der Waals surface area contributed by atoms with E-state index in [-0.39, 0.29) is 23.8 Å². The van der Waals surface area contributed by atoms with Crippen LogP contribution in [0.15, 0.2) is 40.2 Å². The van der Waals surface area contributed by atoms with Crippen molar-refractivity contribution in [3.63, 3.8) is 0 Å². The molecule has 0 aliphatic heterocycles. The molecular formula is C12H18N4O4S. The molecule has 116 valence electrons. The van der Waals surface area contributed by atoms with Gasteiger partial charge in [-0.3, -0.25) is 9.79 Å². The van der Waals surface area contributed by atoms with Gasteiger partial charge in [0.05, 0.1) is 4.90 Å². The highest BCUT2D eigenvalue weighted by atomic mass is 32.2. The fourth-order valence-electron chi connectivity index (χ4n) is 1.59. The highest BCUT2D eigenvalue weighted by Gasteiger charge is 2.24. The predicted molar refractivity (Wildman–Crippen MR) is 78.1 cm³/mol. The number of carbonyl (C=O) groups is 1. The van der Waals surface area contributed by atoms with Crippen molar-refractivity contribution < 1.29 is 18.3 Å². The van der Waals surface area contributed by atoms with Crippen LogP contribution >= 0.6 is 0 Å². The number of hydrogen-bond acceptors (Lipinski definition) is 4. The van der Waals surface area contributed by atoms with Crippen LogP contribution in [0.2, 0.25) is 0 Å². The number of nitrogens with one attached hydrogen (secondary N) is 1. The van der Waals surface area contributed by atoms with E-state index in [1.165, 1.54) is 12.1 Å². The summed E-state index contributed by atoms with van der Waals surface area (Å²) in [4.78, 5) is 14.9. The molecule has 0 amide bonds. The van der Waals surface area contributed by atoms with Crippen LogP contribution in [0, 0.1) is 0 Å². The van der Waals surface area contributed by atoms with Gasteiger partial charge in [-0.15, -0.1) is 0 Å². The summed E-state index contributed by atoms with van der Waals surface area (Å²) in [6.07, 6.45) is 0.421. The van der Waals surface area contributed by atoms with E-state index in [9.17, 15) is 13.2 Å². The summed E-state index contributed by atoms with van der Waals surface area (Å²) in [6.45, 7) is 0.235. The van der Waals surface area contributed by atoms with Crippen molar-refractivity contribution >= 4 is 22.0 Å². The number of nitrogens with zero attached hydrogens (tertiary/aromatic N) is 1. The molecule has 21 heavy (non-hydrogen) atoms. The van der Waals surface area contributed by atoms with Gasteiger partial charge in [-0.25, -0.2) is 8.42 Å². The first-order valence-electron chi connectivity index (χ1n) is 6.18. The minimum atomic E-state index is -3.87. The Hall–Kier alpha value is -2.13. The van der Waals surface area contributed by atoms with E-state index in [1.807, 2.05) is 0 Å². The number of guanidine groups is 1. The van der Waals surface area contributed by atoms with Crippen LogP contribution in [0.5, 0.6) is 0 Å². The number of rotatable bonds is 8. The number of carboxylic acid groups (broad SMARTS) is 1. The van der Waals surface area contributed by atoms with E-state index >= 15 is 0 Å². The maximum atomic E-state index is 12.0. The van der Waals surface area contributed by atoms with Gasteiger partial charge in [0.25, 0.3) is 0 Å². The van der Waals surface area contributed by atoms with Gasteiger partial charge in [0, 0.05) is 6.54 Å². The van der Waals surface area contributed by atoms with E-state index in [4.69, 9.17) is 16.6 Å². The number of benzene rings is 1. The molecule has 1 aromatic carbocycles. The second-order valence-corrected chi connectivity index (χ2v) is 5.99. The van der Waals surface area contributed by atoms with Crippen molar-refractivity contribution in [1.82, 2.24) is 4.72 Å². The summed E-state index contributed by atoms with van der Waals surface area (Å²) < 4.78 is 26.3. The highest BCUT2D eigenvalue weighted by molar-refractivity contribution is 7.89. The summed E-state index contributed by atoms with van der Waals surface area (Å²) >= 11 is 0. The minimum absolute atomic E-state index is 0.0143. The average Bonchev–Trinajstić information content (AvgIpc) is 2.42. The Morgan fingerprint density at radius 3 is 2.43 bits per heavy atom. The molecule has 6 N–H and O–H groups in total. The summed E-state index contributed by atoms with van der Waals surface area (Å²) in [6, 6.07) is 6.33. The molecule has 0 aliphatic carbocycles. The van der Waals surface area contributed by atoms with Crippen molar-refractivity contribution in [2.45, 2.75) is 23.8 Å². The first-order valence-corrected chi connectivity index (χ1v) is 7.67. The van der Waals surface area contributed by atoms with Crippen LogP contribution in [-0.2, 0) is 14.8 Å². The Labute approximate surface area is 122 Å². The maximum Gasteiger partial charge on any atom is 0.321 e. The average molecular weight is 314 g/mol. The third kappa shape index (κ3) is 5.79. The van der Waals surface area contributed by atoms with Crippen molar-refractivity contribution in [1.29, 1.82) is 0 Å². The van der Waals surface area contributed by atoms with E-state index in [1.54, 1.807) is 18.2 Å². The number of aliphatic carboxylic acids is 1. The topological polar surface area (TPSA) is 148 Å². The van der Waals surface area contributed by atoms with Gasteiger partial charge in [0.15, 0.2) is 5.96 Å². The molecule has 1 aromatic rings. The molecule has 0 aromatic heterocycles. The second kappa shape index (κ2) is 7.60. The lowest BCUT2D eigenvalue weighted by atomic mass is 10.2. The molecule has 0 aliphatic rings. The fraction of sp³-hybridized carbons (Fsp3) is 0.333. The monoisotopic (exact) mass is 314 g/mol. The van der Waals surface area contributed by atoms with Crippen LogP contribution in [0.1, 0.15) is 12.8 Å². The molecule has 0 bridgehead atoms. The van der Waals surface area contributed by atoms with Gasteiger partial charge in [0.2, 0.25) is 10.0 Å². The van der Waals surface area contributed by atoms with Crippen LogP contribution in [0.4, 0.5) is 0 Å². The third-order valence-electron chi connectivity index (χ3n) is 2.59. The number of carboxylic acids is 1. The van der Waals surface area contributed by atoms with Crippen LogP contribution in [0.3, 0.4) is 0 Å². The second-order valence-electron chi connectivity index (χ2n) is 4.27. The molecule has 9 heteroatoms. The third-order valence-corrected chi connectivity index (χ3v) is 4.08. The van der Waals surface area contributed by atoms with Crippen molar-refractivity contribution in [2.24, 2.45) is 16.5 Å². The Kier molecular flexibility index (Phi) is 6.12. The number of aliphatic imine (C=N–C) groups is 1. The Balaban J connectivity index is 2.70. The molecule has 1 atom stereocenters. The quantitative estimate of drug-likeness (QED) is 0.288. The minimum Gasteiger partial charge on any atom is -0.480 e. The Morgan fingerprint density at radius 1 is 1.29 bits per heavy atom. The standard InChI is InChI=1S/C12H18N4O4S/c13-12(14)15-8-4-7-10(11(17)18)16-21(19,20)9-5-2-1-3-6-9/h1-3,5-6,10,16H,4,7-8H2,(H,17,18)(H4,13,14,15). The molecule has 0 heterocycles. The van der Waals surface area contributed by atoms with E-state index in [2.05, 4.69) is 9.71 Å². The van der Waals surface area contributed by atoms with Gasteiger partial charge in [-0.05, 0) is 25.0 Å². The normalized spacial score (nSPS) is 12.6. The summed E-state index contributed by atoms with van der Waals surface area (Å²) in [5.41, 5.74) is 10.3. The molecular weight excluding hydrogens is 296 g/mol. The molecule has 0 radical (unpaired) electrons. The highest BCUT2D eigenvalue weighted by Crippen LogP contribution is 2.10. The molecule has 1 rings (SSSR count). The first kappa shape index (κ1) is 16.9. The lowest BCUT2D eigenvalue weighted by Crippen LogP contribution is -2.40. The Morgan fingerprint density at radius 2 is 1.90 bits per heavy atom. The first-order chi connectivity index (χ1) is 9.83. The zero-order valence-electron chi connectivity index (χ0n) is 11.3. The molecule has 0 spiro atoms. The van der Waals surface area contributed by atoms with Crippen molar-refractivity contribution in [2.75, 3.05) is 6.54 Å². The molecule has 0 saturated carbocycles. The van der Waals surface area contributed by atoms with Crippen molar-refractivity contribution in [3.05, 3.63) is 30.3 Å².